The number of nitrogens with zero attached hydrogens (tertiary/aromatic N) is 2. The molecule has 3 rings (SSSR count). The summed E-state index contributed by atoms with van der Waals surface area (Å²) >= 11 is 2.87. The number of amides is 1. The number of carbonyl (C=O) groups is 1. The Kier molecular flexibility index (Phi) is 4.70. The van der Waals surface area contributed by atoms with Crippen LogP contribution in [0.3, 0.4) is 0 Å². The van der Waals surface area contributed by atoms with Crippen LogP contribution in [0.4, 0.5) is 0 Å². The highest BCUT2D eigenvalue weighted by atomic mass is 32.2. The molecule has 0 saturated carbocycles. The summed E-state index contributed by atoms with van der Waals surface area (Å²) in [6.07, 6.45) is 5.00. The minimum atomic E-state index is 0.0443. The van der Waals surface area contributed by atoms with E-state index in [-0.39, 0.29) is 5.91 Å². The molecule has 6 heteroatoms. The van der Waals surface area contributed by atoms with Crippen LogP contribution in [0, 0.1) is 0 Å². The van der Waals surface area contributed by atoms with Gasteiger partial charge in [0.05, 0.1) is 10.2 Å². The first-order chi connectivity index (χ1) is 10.8. The molecule has 2 aromatic heterocycles. The Bertz CT molecular complexity index is 786. The Morgan fingerprint density at radius 1 is 1.32 bits per heavy atom. The number of benzene rings is 1. The number of nitrogens with one attached hydrogen (secondary N) is 1. The fraction of sp³-hybridized carbons (Fsp3) is 0.188. The van der Waals surface area contributed by atoms with Crippen molar-refractivity contribution in [3.63, 3.8) is 0 Å². The van der Waals surface area contributed by atoms with E-state index in [0.717, 1.165) is 32.1 Å². The smallest absolute Gasteiger partial charge is 0.230 e. The summed E-state index contributed by atoms with van der Waals surface area (Å²) in [4.78, 5) is 20.2. The topological polar surface area (TPSA) is 54.9 Å². The second kappa shape index (κ2) is 6.89. The third-order valence-corrected chi connectivity index (χ3v) is 5.02. The number of carbonyl (C=O) groups excluding carboxylic acids is 1. The molecule has 0 saturated heterocycles. The SMILES string of the molecule is CCCC(=O)NSc1nc2cc(-c3cccnc3)ccc2s1. The summed E-state index contributed by atoms with van der Waals surface area (Å²) in [5, 5.41) is 0. The van der Waals surface area contributed by atoms with Crippen LogP contribution in [0.2, 0.25) is 0 Å². The zero-order chi connectivity index (χ0) is 15.4. The van der Waals surface area contributed by atoms with Crippen molar-refractivity contribution in [1.82, 2.24) is 14.7 Å². The minimum Gasteiger partial charge on any atom is -0.294 e. The monoisotopic (exact) mass is 329 g/mol. The van der Waals surface area contributed by atoms with Gasteiger partial charge in [0.25, 0.3) is 0 Å². The molecule has 2 heterocycles. The molecule has 0 atom stereocenters. The molecular formula is C16H15N3OS2. The second-order valence-corrected chi connectivity index (χ2v) is 6.87. The summed E-state index contributed by atoms with van der Waals surface area (Å²) in [6, 6.07) is 10.1. The first-order valence-corrected chi connectivity index (χ1v) is 8.66. The molecule has 0 aliphatic carbocycles. The van der Waals surface area contributed by atoms with Crippen molar-refractivity contribution in [2.75, 3.05) is 0 Å². The fourth-order valence-electron chi connectivity index (χ4n) is 2.04. The van der Waals surface area contributed by atoms with Gasteiger partial charge in [0.2, 0.25) is 5.91 Å². The molecule has 3 aromatic rings. The van der Waals surface area contributed by atoms with Crippen LogP contribution in [-0.4, -0.2) is 15.9 Å². The van der Waals surface area contributed by atoms with Crippen molar-refractivity contribution in [1.29, 1.82) is 0 Å². The van der Waals surface area contributed by atoms with E-state index in [1.54, 1.807) is 17.5 Å². The van der Waals surface area contributed by atoms with Gasteiger partial charge in [-0.05, 0) is 30.2 Å². The van der Waals surface area contributed by atoms with E-state index in [2.05, 4.69) is 32.9 Å². The number of rotatable bonds is 5. The molecule has 1 N–H and O–H groups in total. The lowest BCUT2D eigenvalue weighted by Gasteiger charge is -1.99. The van der Waals surface area contributed by atoms with Crippen molar-refractivity contribution in [3.8, 4) is 11.1 Å². The molecule has 112 valence electrons. The molecule has 1 aromatic carbocycles. The van der Waals surface area contributed by atoms with Crippen LogP contribution in [0.25, 0.3) is 21.3 Å². The second-order valence-electron chi connectivity index (χ2n) is 4.78. The van der Waals surface area contributed by atoms with Gasteiger partial charge in [-0.2, -0.15) is 0 Å². The van der Waals surface area contributed by atoms with Crippen LogP contribution >= 0.6 is 23.3 Å². The molecule has 4 nitrogen and oxygen atoms in total. The third-order valence-electron chi connectivity index (χ3n) is 3.09. The lowest BCUT2D eigenvalue weighted by molar-refractivity contribution is -0.119. The van der Waals surface area contributed by atoms with Crippen molar-refractivity contribution in [2.24, 2.45) is 0 Å². The lowest BCUT2D eigenvalue weighted by atomic mass is 10.1. The summed E-state index contributed by atoms with van der Waals surface area (Å²) in [5.41, 5.74) is 3.11. The number of thiazole rings is 1. The lowest BCUT2D eigenvalue weighted by Crippen LogP contribution is -2.14. The maximum atomic E-state index is 11.5. The van der Waals surface area contributed by atoms with Gasteiger partial charge in [0, 0.05) is 36.3 Å². The number of hydrogen-bond donors (Lipinski definition) is 1. The Hall–Kier alpha value is -1.92. The van der Waals surface area contributed by atoms with Gasteiger partial charge in [-0.3, -0.25) is 14.5 Å². The van der Waals surface area contributed by atoms with Gasteiger partial charge in [-0.25, -0.2) is 4.98 Å². The van der Waals surface area contributed by atoms with E-state index in [4.69, 9.17) is 0 Å². The Morgan fingerprint density at radius 2 is 2.23 bits per heavy atom. The third kappa shape index (κ3) is 3.45. The van der Waals surface area contributed by atoms with Crippen LogP contribution < -0.4 is 4.72 Å². The number of pyridine rings is 1. The van der Waals surface area contributed by atoms with Gasteiger partial charge in [0.15, 0.2) is 4.34 Å². The first kappa shape index (κ1) is 15.0. The quantitative estimate of drug-likeness (QED) is 0.710. The zero-order valence-electron chi connectivity index (χ0n) is 12.1. The standard InChI is InChI=1S/C16H15N3OS2/c1-2-4-15(20)19-22-16-18-13-9-11(6-7-14(13)21-16)12-5-3-8-17-10-12/h3,5-10H,2,4H2,1H3,(H,19,20). The van der Waals surface area contributed by atoms with E-state index in [9.17, 15) is 4.79 Å². The van der Waals surface area contributed by atoms with Crippen molar-refractivity contribution < 1.29 is 4.79 Å². The van der Waals surface area contributed by atoms with Gasteiger partial charge >= 0.3 is 0 Å². The molecule has 0 spiro atoms. The minimum absolute atomic E-state index is 0.0443. The maximum Gasteiger partial charge on any atom is 0.230 e. The molecule has 0 aliphatic heterocycles. The predicted octanol–water partition coefficient (Wildman–Crippen LogP) is 4.28. The largest absolute Gasteiger partial charge is 0.294 e. The molecule has 0 fully saturated rings. The fourth-order valence-corrected chi connectivity index (χ4v) is 3.73. The van der Waals surface area contributed by atoms with Gasteiger partial charge in [-0.1, -0.05) is 19.1 Å². The van der Waals surface area contributed by atoms with Crippen molar-refractivity contribution >= 4 is 39.4 Å². The van der Waals surface area contributed by atoms with Crippen LogP contribution in [-0.2, 0) is 4.79 Å². The average Bonchev–Trinajstić information content (AvgIpc) is 2.96. The molecule has 22 heavy (non-hydrogen) atoms. The van der Waals surface area contributed by atoms with E-state index in [0.29, 0.717) is 6.42 Å². The highest BCUT2D eigenvalue weighted by molar-refractivity contribution is 7.99. The Labute approximate surface area is 137 Å². The maximum absolute atomic E-state index is 11.5. The van der Waals surface area contributed by atoms with Crippen LogP contribution in [0.1, 0.15) is 19.8 Å². The normalized spacial score (nSPS) is 10.8. The highest BCUT2D eigenvalue weighted by Gasteiger charge is 2.08. The molecule has 0 radical (unpaired) electrons. The van der Waals surface area contributed by atoms with Crippen molar-refractivity contribution in [2.45, 2.75) is 24.1 Å². The van der Waals surface area contributed by atoms with Gasteiger partial charge < -0.3 is 0 Å². The molecule has 1 amide bonds. The van der Waals surface area contributed by atoms with Crippen LogP contribution in [0.5, 0.6) is 0 Å². The molecule has 0 aliphatic rings. The molecular weight excluding hydrogens is 314 g/mol. The Balaban J connectivity index is 1.80. The van der Waals surface area contributed by atoms with Crippen molar-refractivity contribution in [3.05, 3.63) is 42.7 Å². The van der Waals surface area contributed by atoms with E-state index >= 15 is 0 Å². The van der Waals surface area contributed by atoms with E-state index in [1.807, 2.05) is 25.3 Å². The van der Waals surface area contributed by atoms with Gasteiger partial charge in [-0.15, -0.1) is 11.3 Å². The summed E-state index contributed by atoms with van der Waals surface area (Å²) in [6.45, 7) is 1.99. The number of aromatic nitrogens is 2. The molecule has 0 bridgehead atoms. The summed E-state index contributed by atoms with van der Waals surface area (Å²) < 4.78 is 4.78. The molecule has 0 unspecified atom stereocenters. The van der Waals surface area contributed by atoms with Crippen LogP contribution in [0.15, 0.2) is 47.1 Å². The zero-order valence-corrected chi connectivity index (χ0v) is 13.7. The average molecular weight is 329 g/mol. The Morgan fingerprint density at radius 3 is 3.00 bits per heavy atom. The van der Waals surface area contributed by atoms with E-state index in [1.165, 1.54) is 11.9 Å². The first-order valence-electron chi connectivity index (χ1n) is 7.03. The highest BCUT2D eigenvalue weighted by Crippen LogP contribution is 2.31. The number of fused-ring (bicyclic) bond motifs is 1. The summed E-state index contributed by atoms with van der Waals surface area (Å²) in [5.74, 6) is 0.0443. The number of hydrogen-bond acceptors (Lipinski definition) is 5. The predicted molar refractivity (Wildman–Crippen MR) is 91.8 cm³/mol. The summed E-state index contributed by atoms with van der Waals surface area (Å²) in [7, 11) is 0. The van der Waals surface area contributed by atoms with Gasteiger partial charge in [0.1, 0.15) is 0 Å². The van der Waals surface area contributed by atoms with E-state index < -0.39 is 0 Å².